The van der Waals surface area contributed by atoms with Crippen LogP contribution in [0.5, 0.6) is 0 Å². The van der Waals surface area contributed by atoms with Gasteiger partial charge in [-0.05, 0) is 57.8 Å². The van der Waals surface area contributed by atoms with Crippen LogP contribution in [0.3, 0.4) is 0 Å². The summed E-state index contributed by atoms with van der Waals surface area (Å²) >= 11 is 0. The molecule has 2 nitrogen and oxygen atoms in total. The van der Waals surface area contributed by atoms with Gasteiger partial charge < -0.3 is 5.32 Å². The molecule has 0 spiro atoms. The van der Waals surface area contributed by atoms with Crippen LogP contribution in [-0.4, -0.2) is 30.1 Å². The number of rotatable bonds is 7. The first-order chi connectivity index (χ1) is 9.72. The van der Waals surface area contributed by atoms with Crippen LogP contribution >= 0.6 is 0 Å². The molecule has 1 aromatic carbocycles. The number of likely N-dealkylation sites (tertiary alicyclic amines) is 1. The molecule has 0 bridgehead atoms. The third-order valence-corrected chi connectivity index (χ3v) is 4.90. The lowest BCUT2D eigenvalue weighted by atomic mass is 9.83. The lowest BCUT2D eigenvalue weighted by Gasteiger charge is -2.45. The van der Waals surface area contributed by atoms with Crippen molar-refractivity contribution in [3.05, 3.63) is 35.9 Å². The Balaban J connectivity index is 2.27. The average molecular weight is 274 g/mol. The third kappa shape index (κ3) is 3.24. The zero-order valence-corrected chi connectivity index (χ0v) is 13.4. The summed E-state index contributed by atoms with van der Waals surface area (Å²) in [6.07, 6.45) is 5.07. The van der Waals surface area contributed by atoms with E-state index in [9.17, 15) is 0 Å². The van der Waals surface area contributed by atoms with Crippen LogP contribution in [0.15, 0.2) is 30.3 Å². The summed E-state index contributed by atoms with van der Waals surface area (Å²) < 4.78 is 0. The molecule has 2 unspecified atom stereocenters. The monoisotopic (exact) mass is 274 g/mol. The first kappa shape index (κ1) is 15.5. The topological polar surface area (TPSA) is 15.3 Å². The van der Waals surface area contributed by atoms with Crippen molar-refractivity contribution >= 4 is 0 Å². The Labute approximate surface area is 124 Å². The summed E-state index contributed by atoms with van der Waals surface area (Å²) in [6.45, 7) is 10.6. The molecule has 0 radical (unpaired) electrons. The van der Waals surface area contributed by atoms with E-state index in [0.29, 0.717) is 6.04 Å². The minimum absolute atomic E-state index is 0.215. The zero-order valence-electron chi connectivity index (χ0n) is 13.4. The Bertz CT molecular complexity index is 384. The minimum atomic E-state index is 0.215. The van der Waals surface area contributed by atoms with Crippen molar-refractivity contribution in [3.63, 3.8) is 0 Å². The van der Waals surface area contributed by atoms with E-state index in [-0.39, 0.29) is 5.54 Å². The number of hydrogen-bond donors (Lipinski definition) is 1. The standard InChI is InChI=1S/C18H30N2/c1-4-13-19-17(16-11-7-6-8-12-16)18(3,5-2)20-14-9-10-15-20/h6-8,11-12,17,19H,4-5,9-10,13-15H2,1-3H3. The van der Waals surface area contributed by atoms with Crippen molar-refractivity contribution in [2.75, 3.05) is 19.6 Å². The summed E-state index contributed by atoms with van der Waals surface area (Å²) in [5.74, 6) is 0. The highest BCUT2D eigenvalue weighted by molar-refractivity contribution is 5.23. The number of nitrogens with one attached hydrogen (secondary N) is 1. The Kier molecular flexibility index (Phi) is 5.62. The number of hydrogen-bond acceptors (Lipinski definition) is 2. The van der Waals surface area contributed by atoms with Crippen LogP contribution < -0.4 is 5.32 Å². The lowest BCUT2D eigenvalue weighted by molar-refractivity contribution is 0.0839. The molecule has 1 heterocycles. The van der Waals surface area contributed by atoms with Gasteiger partial charge in [0.15, 0.2) is 0 Å². The highest BCUT2D eigenvalue weighted by Crippen LogP contribution is 2.36. The lowest BCUT2D eigenvalue weighted by Crippen LogP contribution is -2.53. The SMILES string of the molecule is CCCNC(c1ccccc1)C(C)(CC)N1CCCC1. The molecular weight excluding hydrogens is 244 g/mol. The van der Waals surface area contributed by atoms with E-state index in [0.717, 1.165) is 6.54 Å². The largest absolute Gasteiger partial charge is 0.308 e. The smallest absolute Gasteiger partial charge is 0.0504 e. The van der Waals surface area contributed by atoms with Gasteiger partial charge in [0.25, 0.3) is 0 Å². The van der Waals surface area contributed by atoms with Gasteiger partial charge in [-0.15, -0.1) is 0 Å². The van der Waals surface area contributed by atoms with Crippen molar-refractivity contribution in [1.29, 1.82) is 0 Å². The molecule has 1 N–H and O–H groups in total. The van der Waals surface area contributed by atoms with Crippen molar-refractivity contribution in [2.24, 2.45) is 0 Å². The molecule has 1 aliphatic rings. The van der Waals surface area contributed by atoms with Crippen molar-refractivity contribution in [3.8, 4) is 0 Å². The fraction of sp³-hybridized carbons (Fsp3) is 0.667. The normalized spacial score (nSPS) is 20.8. The maximum atomic E-state index is 3.81. The summed E-state index contributed by atoms with van der Waals surface area (Å²) in [5.41, 5.74) is 1.64. The van der Waals surface area contributed by atoms with Crippen LogP contribution in [0.4, 0.5) is 0 Å². The third-order valence-electron chi connectivity index (χ3n) is 4.90. The second-order valence-corrected chi connectivity index (χ2v) is 6.20. The molecule has 1 aliphatic heterocycles. The molecule has 2 rings (SSSR count). The van der Waals surface area contributed by atoms with E-state index >= 15 is 0 Å². The van der Waals surface area contributed by atoms with E-state index in [1.165, 1.54) is 44.3 Å². The van der Waals surface area contributed by atoms with Crippen LogP contribution in [-0.2, 0) is 0 Å². The average Bonchev–Trinajstić information content (AvgIpc) is 3.03. The molecule has 1 saturated heterocycles. The molecule has 0 saturated carbocycles. The number of nitrogens with zero attached hydrogens (tertiary/aromatic N) is 1. The van der Waals surface area contributed by atoms with Gasteiger partial charge in [-0.3, -0.25) is 4.90 Å². The van der Waals surface area contributed by atoms with Crippen LogP contribution in [0.1, 0.15) is 58.1 Å². The zero-order chi connectivity index (χ0) is 14.4. The molecule has 2 heteroatoms. The fourth-order valence-corrected chi connectivity index (χ4v) is 3.47. The predicted octanol–water partition coefficient (Wildman–Crippen LogP) is 3.99. The Morgan fingerprint density at radius 2 is 1.80 bits per heavy atom. The second-order valence-electron chi connectivity index (χ2n) is 6.20. The molecule has 20 heavy (non-hydrogen) atoms. The fourth-order valence-electron chi connectivity index (χ4n) is 3.47. The van der Waals surface area contributed by atoms with E-state index in [1.807, 2.05) is 0 Å². The quantitative estimate of drug-likeness (QED) is 0.808. The number of benzene rings is 1. The van der Waals surface area contributed by atoms with Gasteiger partial charge in [0.1, 0.15) is 0 Å². The van der Waals surface area contributed by atoms with Crippen LogP contribution in [0.2, 0.25) is 0 Å². The minimum Gasteiger partial charge on any atom is -0.308 e. The maximum Gasteiger partial charge on any atom is 0.0504 e. The van der Waals surface area contributed by atoms with Gasteiger partial charge in [-0.1, -0.05) is 44.2 Å². The van der Waals surface area contributed by atoms with Gasteiger partial charge in [-0.2, -0.15) is 0 Å². The highest BCUT2D eigenvalue weighted by atomic mass is 15.2. The summed E-state index contributed by atoms with van der Waals surface area (Å²) in [7, 11) is 0. The second kappa shape index (κ2) is 7.24. The Morgan fingerprint density at radius 1 is 1.15 bits per heavy atom. The summed E-state index contributed by atoms with van der Waals surface area (Å²) in [5, 5.41) is 3.81. The van der Waals surface area contributed by atoms with E-state index in [2.05, 4.69) is 61.3 Å². The molecule has 2 atom stereocenters. The van der Waals surface area contributed by atoms with Gasteiger partial charge in [0.05, 0.1) is 6.04 Å². The molecular formula is C18H30N2. The molecule has 0 aliphatic carbocycles. The van der Waals surface area contributed by atoms with Crippen molar-refractivity contribution in [2.45, 2.75) is 58.0 Å². The van der Waals surface area contributed by atoms with E-state index in [1.54, 1.807) is 0 Å². The molecule has 112 valence electrons. The van der Waals surface area contributed by atoms with Gasteiger partial charge in [0.2, 0.25) is 0 Å². The van der Waals surface area contributed by atoms with E-state index in [4.69, 9.17) is 0 Å². The molecule has 0 amide bonds. The Hall–Kier alpha value is -0.860. The van der Waals surface area contributed by atoms with Gasteiger partial charge >= 0.3 is 0 Å². The first-order valence-electron chi connectivity index (χ1n) is 8.25. The van der Waals surface area contributed by atoms with Crippen molar-refractivity contribution in [1.82, 2.24) is 10.2 Å². The van der Waals surface area contributed by atoms with Gasteiger partial charge in [-0.25, -0.2) is 0 Å². The van der Waals surface area contributed by atoms with Crippen molar-refractivity contribution < 1.29 is 0 Å². The highest BCUT2D eigenvalue weighted by Gasteiger charge is 2.39. The Morgan fingerprint density at radius 3 is 2.35 bits per heavy atom. The maximum absolute atomic E-state index is 3.81. The van der Waals surface area contributed by atoms with Crippen LogP contribution in [0.25, 0.3) is 0 Å². The van der Waals surface area contributed by atoms with Gasteiger partial charge in [0, 0.05) is 5.54 Å². The molecule has 1 fully saturated rings. The molecule has 1 aromatic rings. The van der Waals surface area contributed by atoms with E-state index < -0.39 is 0 Å². The summed E-state index contributed by atoms with van der Waals surface area (Å²) in [4.78, 5) is 2.70. The predicted molar refractivity (Wildman–Crippen MR) is 87.0 cm³/mol. The molecule has 0 aromatic heterocycles. The summed E-state index contributed by atoms with van der Waals surface area (Å²) in [6, 6.07) is 11.4. The first-order valence-corrected chi connectivity index (χ1v) is 8.25. The van der Waals surface area contributed by atoms with Crippen LogP contribution in [0, 0.1) is 0 Å².